The van der Waals surface area contributed by atoms with Crippen LogP contribution in [0.15, 0.2) is 6.07 Å². The Kier molecular flexibility index (Phi) is 4.57. The molecule has 1 aliphatic heterocycles. The highest BCUT2D eigenvalue weighted by Gasteiger charge is 2.21. The van der Waals surface area contributed by atoms with Crippen LogP contribution >= 0.6 is 11.6 Å². The Morgan fingerprint density at radius 3 is 2.56 bits per heavy atom. The van der Waals surface area contributed by atoms with Gasteiger partial charge < -0.3 is 4.90 Å². The summed E-state index contributed by atoms with van der Waals surface area (Å²) in [6, 6.07) is 2.47. The minimum Gasteiger partial charge on any atom is -0.301 e. The fourth-order valence-corrected chi connectivity index (χ4v) is 2.87. The van der Waals surface area contributed by atoms with Gasteiger partial charge in [-0.15, -0.1) is 0 Å². The normalized spacial score (nSPS) is 18.5. The van der Waals surface area contributed by atoms with Gasteiger partial charge in [-0.25, -0.2) is 9.97 Å². The molecule has 3 nitrogen and oxygen atoms in total. The van der Waals surface area contributed by atoms with Crippen molar-refractivity contribution in [3.8, 4) is 0 Å². The molecule has 2 rings (SSSR count). The van der Waals surface area contributed by atoms with Crippen LogP contribution in [0, 0.1) is 12.8 Å². The first-order valence-electron chi connectivity index (χ1n) is 6.78. The molecule has 0 bridgehead atoms. The lowest BCUT2D eigenvalue weighted by Gasteiger charge is -2.34. The van der Waals surface area contributed by atoms with E-state index in [1.165, 1.54) is 25.9 Å². The average Bonchev–Trinajstić information content (AvgIpc) is 2.28. The molecule has 0 N–H and O–H groups in total. The van der Waals surface area contributed by atoms with Crippen molar-refractivity contribution in [1.29, 1.82) is 0 Å². The topological polar surface area (TPSA) is 29.0 Å². The summed E-state index contributed by atoms with van der Waals surface area (Å²) in [7, 11) is 0. The van der Waals surface area contributed by atoms with Crippen LogP contribution in [0.2, 0.25) is 5.15 Å². The van der Waals surface area contributed by atoms with Gasteiger partial charge >= 0.3 is 0 Å². The van der Waals surface area contributed by atoms with E-state index in [2.05, 4.69) is 28.7 Å². The molecule has 0 atom stereocenters. The molecule has 18 heavy (non-hydrogen) atoms. The molecule has 0 aromatic carbocycles. The SMILES string of the molecule is Cc1cc(Cl)nc(CC2CCN(C(C)C)CC2)n1. The van der Waals surface area contributed by atoms with Crippen molar-refractivity contribution in [2.75, 3.05) is 13.1 Å². The third kappa shape index (κ3) is 3.66. The van der Waals surface area contributed by atoms with Crippen LogP contribution in [0.25, 0.3) is 0 Å². The highest BCUT2D eigenvalue weighted by atomic mass is 35.5. The predicted molar refractivity (Wildman–Crippen MR) is 74.9 cm³/mol. The molecule has 0 aliphatic carbocycles. The van der Waals surface area contributed by atoms with E-state index >= 15 is 0 Å². The third-order valence-corrected chi connectivity index (χ3v) is 3.91. The molecule has 2 heterocycles. The highest BCUT2D eigenvalue weighted by molar-refractivity contribution is 6.29. The molecule has 1 aliphatic rings. The summed E-state index contributed by atoms with van der Waals surface area (Å²) in [5.41, 5.74) is 0.963. The van der Waals surface area contributed by atoms with Crippen LogP contribution in [0.3, 0.4) is 0 Å². The van der Waals surface area contributed by atoms with E-state index in [1.807, 2.05) is 13.0 Å². The van der Waals surface area contributed by atoms with Crippen LogP contribution in [-0.4, -0.2) is 34.0 Å². The number of rotatable bonds is 3. The van der Waals surface area contributed by atoms with E-state index in [1.54, 1.807) is 0 Å². The Bertz CT molecular complexity index is 378. The summed E-state index contributed by atoms with van der Waals surface area (Å²) in [4.78, 5) is 11.3. The Hall–Kier alpha value is -0.670. The number of halogens is 1. The molecule has 0 spiro atoms. The van der Waals surface area contributed by atoms with Gasteiger partial charge in [-0.2, -0.15) is 0 Å². The van der Waals surface area contributed by atoms with Crippen molar-refractivity contribution in [2.45, 2.75) is 46.1 Å². The monoisotopic (exact) mass is 267 g/mol. The Labute approximate surface area is 115 Å². The lowest BCUT2D eigenvalue weighted by Crippen LogP contribution is -2.39. The number of hydrogen-bond acceptors (Lipinski definition) is 3. The molecule has 0 unspecified atom stereocenters. The maximum Gasteiger partial charge on any atom is 0.133 e. The molecule has 100 valence electrons. The maximum atomic E-state index is 5.97. The molecule has 1 aromatic rings. The fraction of sp³-hybridized carbons (Fsp3) is 0.714. The van der Waals surface area contributed by atoms with Crippen LogP contribution in [-0.2, 0) is 6.42 Å². The fourth-order valence-electron chi connectivity index (χ4n) is 2.61. The lowest BCUT2D eigenvalue weighted by atomic mass is 9.92. The summed E-state index contributed by atoms with van der Waals surface area (Å²) in [5, 5.41) is 0.567. The molecule has 0 saturated carbocycles. The Balaban J connectivity index is 1.91. The molecule has 4 heteroatoms. The van der Waals surface area contributed by atoms with Crippen LogP contribution in [0.5, 0.6) is 0 Å². The largest absolute Gasteiger partial charge is 0.301 e. The number of likely N-dealkylation sites (tertiary alicyclic amines) is 1. The van der Waals surface area contributed by atoms with Gasteiger partial charge in [0.2, 0.25) is 0 Å². The van der Waals surface area contributed by atoms with Crippen molar-refractivity contribution >= 4 is 11.6 Å². The summed E-state index contributed by atoms with van der Waals surface area (Å²) in [6.45, 7) is 8.90. The zero-order chi connectivity index (χ0) is 13.1. The molecule has 1 aromatic heterocycles. The zero-order valence-corrected chi connectivity index (χ0v) is 12.2. The first-order chi connectivity index (χ1) is 8.54. The maximum absolute atomic E-state index is 5.97. The summed E-state index contributed by atoms with van der Waals surface area (Å²) < 4.78 is 0. The van der Waals surface area contributed by atoms with Crippen LogP contribution in [0.1, 0.15) is 38.2 Å². The van der Waals surface area contributed by atoms with Crippen molar-refractivity contribution in [3.63, 3.8) is 0 Å². The Morgan fingerprint density at radius 1 is 1.33 bits per heavy atom. The number of aromatic nitrogens is 2. The van der Waals surface area contributed by atoms with Gasteiger partial charge in [0, 0.05) is 18.2 Å². The van der Waals surface area contributed by atoms with Gasteiger partial charge in [-0.3, -0.25) is 0 Å². The van der Waals surface area contributed by atoms with Crippen molar-refractivity contribution in [1.82, 2.24) is 14.9 Å². The predicted octanol–water partition coefficient (Wildman–Crippen LogP) is 3.10. The Morgan fingerprint density at radius 2 is 2.00 bits per heavy atom. The second-order valence-electron chi connectivity index (χ2n) is 5.53. The van der Waals surface area contributed by atoms with E-state index < -0.39 is 0 Å². The van der Waals surface area contributed by atoms with E-state index in [0.29, 0.717) is 17.1 Å². The van der Waals surface area contributed by atoms with E-state index in [-0.39, 0.29) is 0 Å². The second kappa shape index (κ2) is 5.98. The number of nitrogens with zero attached hydrogens (tertiary/aromatic N) is 3. The van der Waals surface area contributed by atoms with Crippen molar-refractivity contribution in [3.05, 3.63) is 22.7 Å². The summed E-state index contributed by atoms with van der Waals surface area (Å²) >= 11 is 5.97. The summed E-state index contributed by atoms with van der Waals surface area (Å²) in [6.07, 6.45) is 3.45. The molecule has 1 saturated heterocycles. The highest BCUT2D eigenvalue weighted by Crippen LogP contribution is 2.22. The van der Waals surface area contributed by atoms with E-state index in [4.69, 9.17) is 11.6 Å². The van der Waals surface area contributed by atoms with Gasteiger partial charge in [0.1, 0.15) is 11.0 Å². The van der Waals surface area contributed by atoms with Crippen LogP contribution in [0.4, 0.5) is 0 Å². The van der Waals surface area contributed by atoms with Crippen molar-refractivity contribution < 1.29 is 0 Å². The number of piperidine rings is 1. The minimum atomic E-state index is 0.567. The first kappa shape index (κ1) is 13.8. The molecular weight excluding hydrogens is 246 g/mol. The van der Waals surface area contributed by atoms with E-state index in [0.717, 1.165) is 17.9 Å². The second-order valence-corrected chi connectivity index (χ2v) is 5.91. The minimum absolute atomic E-state index is 0.567. The van der Waals surface area contributed by atoms with Gasteiger partial charge in [-0.05, 0) is 58.7 Å². The third-order valence-electron chi connectivity index (χ3n) is 3.72. The van der Waals surface area contributed by atoms with Gasteiger partial charge in [0.25, 0.3) is 0 Å². The number of hydrogen-bond donors (Lipinski definition) is 0. The molecule has 1 fully saturated rings. The van der Waals surface area contributed by atoms with Crippen LogP contribution < -0.4 is 0 Å². The zero-order valence-electron chi connectivity index (χ0n) is 11.5. The van der Waals surface area contributed by atoms with Gasteiger partial charge in [0.05, 0.1) is 0 Å². The van der Waals surface area contributed by atoms with Gasteiger partial charge in [-0.1, -0.05) is 11.6 Å². The quantitative estimate of drug-likeness (QED) is 0.788. The smallest absolute Gasteiger partial charge is 0.133 e. The average molecular weight is 268 g/mol. The van der Waals surface area contributed by atoms with E-state index in [9.17, 15) is 0 Å². The molecule has 0 radical (unpaired) electrons. The summed E-state index contributed by atoms with van der Waals surface area (Å²) in [5.74, 6) is 1.61. The number of aryl methyl sites for hydroxylation is 1. The molecule has 0 amide bonds. The first-order valence-corrected chi connectivity index (χ1v) is 7.16. The van der Waals surface area contributed by atoms with Crippen molar-refractivity contribution in [2.24, 2.45) is 5.92 Å². The molecular formula is C14H22ClN3. The van der Waals surface area contributed by atoms with Gasteiger partial charge in [0.15, 0.2) is 0 Å². The standard InChI is InChI=1S/C14H22ClN3/c1-10(2)18-6-4-12(5-7-18)9-14-16-11(3)8-13(15)17-14/h8,10,12H,4-7,9H2,1-3H3. The lowest BCUT2D eigenvalue weighted by molar-refractivity contribution is 0.148.